The largest absolute Gasteiger partial charge is 0.370 e. The maximum atomic E-state index is 12.2. The summed E-state index contributed by atoms with van der Waals surface area (Å²) in [6.07, 6.45) is 0.513. The smallest absolute Gasteiger partial charge is 0.223 e. The van der Waals surface area contributed by atoms with Gasteiger partial charge in [0.1, 0.15) is 6.10 Å². The van der Waals surface area contributed by atoms with Gasteiger partial charge in [-0.15, -0.1) is 0 Å². The van der Waals surface area contributed by atoms with Crippen LogP contribution in [0.25, 0.3) is 0 Å². The van der Waals surface area contributed by atoms with Crippen molar-refractivity contribution in [2.75, 3.05) is 26.2 Å². The maximum Gasteiger partial charge on any atom is 0.223 e. The molecule has 1 fully saturated rings. The monoisotopic (exact) mass is 276 g/mol. The quantitative estimate of drug-likeness (QED) is 0.913. The van der Waals surface area contributed by atoms with Gasteiger partial charge in [-0.25, -0.2) is 0 Å². The van der Waals surface area contributed by atoms with Gasteiger partial charge in [0.2, 0.25) is 5.91 Å². The lowest BCUT2D eigenvalue weighted by Gasteiger charge is -2.34. The van der Waals surface area contributed by atoms with Crippen LogP contribution in [-0.4, -0.2) is 37.0 Å². The molecule has 1 saturated heterocycles. The van der Waals surface area contributed by atoms with E-state index in [1.165, 1.54) is 11.1 Å². The lowest BCUT2D eigenvalue weighted by Crippen LogP contribution is -2.43. The highest BCUT2D eigenvalue weighted by atomic mass is 16.5. The Bertz CT molecular complexity index is 462. The third-order valence-corrected chi connectivity index (χ3v) is 3.88. The van der Waals surface area contributed by atoms with E-state index in [4.69, 9.17) is 10.5 Å². The summed E-state index contributed by atoms with van der Waals surface area (Å²) in [7, 11) is 0. The Balaban J connectivity index is 2.02. The number of morpholine rings is 1. The first-order valence-electron chi connectivity index (χ1n) is 7.26. The number of benzene rings is 1. The van der Waals surface area contributed by atoms with Gasteiger partial charge in [-0.2, -0.15) is 0 Å². The van der Waals surface area contributed by atoms with Gasteiger partial charge < -0.3 is 15.4 Å². The lowest BCUT2D eigenvalue weighted by atomic mass is 10.0. The molecular formula is C16H24N2O2. The number of nitrogens with two attached hydrogens (primary N) is 1. The minimum Gasteiger partial charge on any atom is -0.370 e. The van der Waals surface area contributed by atoms with E-state index in [1.54, 1.807) is 0 Å². The maximum absolute atomic E-state index is 12.2. The van der Waals surface area contributed by atoms with Crippen LogP contribution in [0.5, 0.6) is 0 Å². The van der Waals surface area contributed by atoms with Gasteiger partial charge in [0.05, 0.1) is 13.2 Å². The fraction of sp³-hybridized carbons (Fsp3) is 0.562. The molecule has 4 nitrogen and oxygen atoms in total. The zero-order valence-corrected chi connectivity index (χ0v) is 12.3. The van der Waals surface area contributed by atoms with Crippen LogP contribution in [0.3, 0.4) is 0 Å². The summed E-state index contributed by atoms with van der Waals surface area (Å²) in [5.74, 6) is 0.423. The Morgan fingerprint density at radius 3 is 2.95 bits per heavy atom. The van der Waals surface area contributed by atoms with Crippen LogP contribution in [0.15, 0.2) is 24.3 Å². The van der Waals surface area contributed by atoms with Crippen molar-refractivity contribution in [2.45, 2.75) is 26.4 Å². The molecule has 0 radical (unpaired) electrons. The van der Waals surface area contributed by atoms with E-state index >= 15 is 0 Å². The molecular weight excluding hydrogens is 252 g/mol. The Labute approximate surface area is 120 Å². The average molecular weight is 276 g/mol. The number of aryl methyl sites for hydroxylation is 1. The lowest BCUT2D eigenvalue weighted by molar-refractivity contribution is -0.139. The molecule has 0 aromatic heterocycles. The Hall–Kier alpha value is -1.39. The second kappa shape index (κ2) is 6.86. The fourth-order valence-corrected chi connectivity index (χ4v) is 2.52. The van der Waals surface area contributed by atoms with E-state index in [0.29, 0.717) is 32.7 Å². The van der Waals surface area contributed by atoms with Crippen molar-refractivity contribution in [3.63, 3.8) is 0 Å². The second-order valence-corrected chi connectivity index (χ2v) is 5.60. The third kappa shape index (κ3) is 3.58. The van der Waals surface area contributed by atoms with Gasteiger partial charge in [0, 0.05) is 13.0 Å². The van der Waals surface area contributed by atoms with Gasteiger partial charge in [-0.05, 0) is 30.5 Å². The van der Waals surface area contributed by atoms with Gasteiger partial charge in [0.15, 0.2) is 0 Å². The van der Waals surface area contributed by atoms with E-state index < -0.39 is 0 Å². The molecule has 1 aliphatic rings. The van der Waals surface area contributed by atoms with Crippen molar-refractivity contribution in [3.8, 4) is 0 Å². The Morgan fingerprint density at radius 2 is 2.25 bits per heavy atom. The minimum atomic E-state index is -0.0120. The van der Waals surface area contributed by atoms with Gasteiger partial charge >= 0.3 is 0 Å². The molecule has 1 aromatic rings. The van der Waals surface area contributed by atoms with E-state index in [0.717, 1.165) is 0 Å². The number of rotatable bonds is 4. The highest BCUT2D eigenvalue weighted by Crippen LogP contribution is 2.25. The average Bonchev–Trinajstić information content (AvgIpc) is 2.47. The van der Waals surface area contributed by atoms with Crippen molar-refractivity contribution >= 4 is 5.91 Å². The number of carbonyl (C=O) groups is 1. The zero-order valence-electron chi connectivity index (χ0n) is 12.3. The highest BCUT2D eigenvalue weighted by Gasteiger charge is 2.26. The summed E-state index contributed by atoms with van der Waals surface area (Å²) < 4.78 is 5.84. The SMILES string of the molecule is Cc1ccccc1C1CN(C(=O)CC(C)CN)CCO1. The molecule has 1 amide bonds. The van der Waals surface area contributed by atoms with Gasteiger partial charge in [-0.1, -0.05) is 31.2 Å². The fourth-order valence-electron chi connectivity index (χ4n) is 2.52. The third-order valence-electron chi connectivity index (χ3n) is 3.88. The number of ether oxygens (including phenoxy) is 1. The van der Waals surface area contributed by atoms with Crippen LogP contribution >= 0.6 is 0 Å². The molecule has 2 rings (SSSR count). The predicted molar refractivity (Wildman–Crippen MR) is 79.3 cm³/mol. The molecule has 110 valence electrons. The number of amides is 1. The molecule has 0 saturated carbocycles. The van der Waals surface area contributed by atoms with Gasteiger partial charge in [-0.3, -0.25) is 4.79 Å². The van der Waals surface area contributed by atoms with Crippen LogP contribution in [0.2, 0.25) is 0 Å². The number of nitrogens with zero attached hydrogens (tertiary/aromatic N) is 1. The Kier molecular flexibility index (Phi) is 5.15. The highest BCUT2D eigenvalue weighted by molar-refractivity contribution is 5.76. The molecule has 0 spiro atoms. The van der Waals surface area contributed by atoms with Crippen molar-refractivity contribution in [1.82, 2.24) is 4.90 Å². The van der Waals surface area contributed by atoms with E-state index in [2.05, 4.69) is 19.1 Å². The molecule has 0 aliphatic carbocycles. The summed E-state index contributed by atoms with van der Waals surface area (Å²) in [6.45, 7) is 6.56. The van der Waals surface area contributed by atoms with E-state index in [1.807, 2.05) is 24.0 Å². The summed E-state index contributed by atoms with van der Waals surface area (Å²) in [5.41, 5.74) is 7.98. The molecule has 2 atom stereocenters. The van der Waals surface area contributed by atoms with Crippen molar-refractivity contribution < 1.29 is 9.53 Å². The number of carbonyl (C=O) groups excluding carboxylic acids is 1. The van der Waals surface area contributed by atoms with E-state index in [-0.39, 0.29) is 17.9 Å². The molecule has 2 N–H and O–H groups in total. The van der Waals surface area contributed by atoms with E-state index in [9.17, 15) is 4.79 Å². The van der Waals surface area contributed by atoms with Crippen molar-refractivity contribution in [3.05, 3.63) is 35.4 Å². The first kappa shape index (κ1) is 15.0. The topological polar surface area (TPSA) is 55.6 Å². The molecule has 1 aromatic carbocycles. The molecule has 2 unspecified atom stereocenters. The molecule has 0 bridgehead atoms. The molecule has 4 heteroatoms. The Morgan fingerprint density at radius 1 is 1.50 bits per heavy atom. The standard InChI is InChI=1S/C16H24N2O2/c1-12(10-17)9-16(19)18-7-8-20-15(11-18)14-6-4-3-5-13(14)2/h3-6,12,15H,7-11,17H2,1-2H3. The van der Waals surface area contributed by atoms with Crippen LogP contribution < -0.4 is 5.73 Å². The second-order valence-electron chi connectivity index (χ2n) is 5.60. The summed E-state index contributed by atoms with van der Waals surface area (Å²) in [4.78, 5) is 14.2. The summed E-state index contributed by atoms with van der Waals surface area (Å²) in [6, 6.07) is 8.20. The normalized spacial score (nSPS) is 20.8. The molecule has 1 aliphatic heterocycles. The predicted octanol–water partition coefficient (Wildman–Crippen LogP) is 1.88. The van der Waals surface area contributed by atoms with Crippen LogP contribution in [0, 0.1) is 12.8 Å². The first-order chi connectivity index (χ1) is 9.61. The molecule has 20 heavy (non-hydrogen) atoms. The van der Waals surface area contributed by atoms with Crippen molar-refractivity contribution in [2.24, 2.45) is 11.7 Å². The first-order valence-corrected chi connectivity index (χ1v) is 7.26. The van der Waals surface area contributed by atoms with Crippen LogP contribution in [0.4, 0.5) is 0 Å². The summed E-state index contributed by atoms with van der Waals surface area (Å²) in [5, 5.41) is 0. The molecule has 1 heterocycles. The zero-order chi connectivity index (χ0) is 14.5. The van der Waals surface area contributed by atoms with Crippen LogP contribution in [-0.2, 0) is 9.53 Å². The van der Waals surface area contributed by atoms with Gasteiger partial charge in [0.25, 0.3) is 0 Å². The number of hydrogen-bond donors (Lipinski definition) is 1. The minimum absolute atomic E-state index is 0.0120. The summed E-state index contributed by atoms with van der Waals surface area (Å²) >= 11 is 0. The van der Waals surface area contributed by atoms with Crippen molar-refractivity contribution in [1.29, 1.82) is 0 Å². The number of hydrogen-bond acceptors (Lipinski definition) is 3. The van der Waals surface area contributed by atoms with Crippen LogP contribution in [0.1, 0.15) is 30.6 Å².